The molecular formula is C10H12FNO3. The minimum Gasteiger partial charge on any atom is -0.394 e. The lowest BCUT2D eigenvalue weighted by atomic mass is 10.2. The van der Waals surface area contributed by atoms with Gasteiger partial charge in [-0.2, -0.15) is 0 Å². The summed E-state index contributed by atoms with van der Waals surface area (Å²) in [5, 5.41) is 19.9. The van der Waals surface area contributed by atoms with Gasteiger partial charge in [0.25, 0.3) is 5.91 Å². The van der Waals surface area contributed by atoms with Crippen molar-refractivity contribution in [3.05, 3.63) is 35.6 Å². The van der Waals surface area contributed by atoms with Crippen molar-refractivity contribution >= 4 is 5.91 Å². The van der Waals surface area contributed by atoms with Crippen LogP contribution in [0.5, 0.6) is 0 Å². The first kappa shape index (κ1) is 11.6. The predicted octanol–water partition coefficient (Wildman–Crippen LogP) is -0.0913. The zero-order valence-electron chi connectivity index (χ0n) is 7.98. The molecule has 15 heavy (non-hydrogen) atoms. The van der Waals surface area contributed by atoms with Gasteiger partial charge < -0.3 is 15.5 Å². The van der Waals surface area contributed by atoms with E-state index in [0.29, 0.717) is 5.56 Å². The van der Waals surface area contributed by atoms with Gasteiger partial charge in [0, 0.05) is 12.1 Å². The van der Waals surface area contributed by atoms with Crippen LogP contribution in [0, 0.1) is 5.82 Å². The molecule has 0 saturated carbocycles. The molecule has 3 N–H and O–H groups in total. The Balaban J connectivity index is 2.50. The molecule has 1 atom stereocenters. The van der Waals surface area contributed by atoms with Gasteiger partial charge in [-0.25, -0.2) is 4.39 Å². The minimum absolute atomic E-state index is 0.0350. The molecule has 0 aromatic heterocycles. The highest BCUT2D eigenvalue weighted by Crippen LogP contribution is 2.02. The summed E-state index contributed by atoms with van der Waals surface area (Å²) in [7, 11) is 0. The molecule has 0 bridgehead atoms. The van der Waals surface area contributed by atoms with Crippen LogP contribution in [0.25, 0.3) is 0 Å². The van der Waals surface area contributed by atoms with E-state index < -0.39 is 24.4 Å². The van der Waals surface area contributed by atoms with Gasteiger partial charge in [0.05, 0.1) is 12.7 Å². The highest BCUT2D eigenvalue weighted by molar-refractivity contribution is 5.94. The maximum absolute atomic E-state index is 12.5. The number of aliphatic hydroxyl groups excluding tert-OH is 2. The number of aliphatic hydroxyl groups is 2. The molecule has 4 nitrogen and oxygen atoms in total. The molecule has 82 valence electrons. The number of carbonyl (C=O) groups is 1. The molecule has 0 saturated heterocycles. The molecule has 1 amide bonds. The number of benzene rings is 1. The smallest absolute Gasteiger partial charge is 0.251 e. The van der Waals surface area contributed by atoms with Crippen LogP contribution >= 0.6 is 0 Å². The second kappa shape index (κ2) is 5.43. The van der Waals surface area contributed by atoms with E-state index in [1.165, 1.54) is 24.3 Å². The normalized spacial score (nSPS) is 12.2. The van der Waals surface area contributed by atoms with E-state index in [1.54, 1.807) is 0 Å². The van der Waals surface area contributed by atoms with Gasteiger partial charge in [-0.05, 0) is 24.3 Å². The van der Waals surface area contributed by atoms with Gasteiger partial charge >= 0.3 is 0 Å². The number of rotatable bonds is 4. The topological polar surface area (TPSA) is 69.6 Å². The Morgan fingerprint density at radius 1 is 1.40 bits per heavy atom. The van der Waals surface area contributed by atoms with E-state index in [2.05, 4.69) is 5.32 Å². The second-order valence-electron chi connectivity index (χ2n) is 3.05. The van der Waals surface area contributed by atoms with Gasteiger partial charge in [-0.3, -0.25) is 4.79 Å². The Bertz CT molecular complexity index is 326. The monoisotopic (exact) mass is 213 g/mol. The first-order valence-electron chi connectivity index (χ1n) is 4.46. The van der Waals surface area contributed by atoms with Crippen LogP contribution in [0.3, 0.4) is 0 Å². The predicted molar refractivity (Wildman–Crippen MR) is 51.8 cm³/mol. The van der Waals surface area contributed by atoms with Crippen molar-refractivity contribution in [3.63, 3.8) is 0 Å². The van der Waals surface area contributed by atoms with Crippen molar-refractivity contribution in [2.75, 3.05) is 13.2 Å². The minimum atomic E-state index is -0.977. The summed E-state index contributed by atoms with van der Waals surface area (Å²) in [6, 6.07) is 5.04. The third-order valence-electron chi connectivity index (χ3n) is 1.82. The van der Waals surface area contributed by atoms with Gasteiger partial charge in [-0.15, -0.1) is 0 Å². The first-order valence-corrected chi connectivity index (χ1v) is 4.46. The van der Waals surface area contributed by atoms with Crippen LogP contribution < -0.4 is 5.32 Å². The molecule has 1 unspecified atom stereocenters. The average Bonchev–Trinajstić information content (AvgIpc) is 2.26. The first-order chi connectivity index (χ1) is 7.13. The Hall–Kier alpha value is -1.46. The Labute approximate surface area is 86.4 Å². The largest absolute Gasteiger partial charge is 0.394 e. The molecule has 0 fully saturated rings. The Morgan fingerprint density at radius 2 is 2.00 bits per heavy atom. The van der Waals surface area contributed by atoms with Crippen molar-refractivity contribution in [1.29, 1.82) is 0 Å². The van der Waals surface area contributed by atoms with Crippen LogP contribution in [-0.2, 0) is 0 Å². The third kappa shape index (κ3) is 3.65. The molecule has 1 rings (SSSR count). The highest BCUT2D eigenvalue weighted by Gasteiger charge is 2.07. The van der Waals surface area contributed by atoms with E-state index in [9.17, 15) is 9.18 Å². The summed E-state index contributed by atoms with van der Waals surface area (Å²) < 4.78 is 12.5. The molecular weight excluding hydrogens is 201 g/mol. The summed E-state index contributed by atoms with van der Waals surface area (Å²) in [6.07, 6.45) is -0.977. The number of hydrogen-bond donors (Lipinski definition) is 3. The SMILES string of the molecule is O=C(NCC(O)CO)c1ccc(F)cc1. The molecule has 0 radical (unpaired) electrons. The number of nitrogens with one attached hydrogen (secondary N) is 1. The lowest BCUT2D eigenvalue weighted by Crippen LogP contribution is -2.33. The lowest BCUT2D eigenvalue weighted by Gasteiger charge is -2.08. The molecule has 1 aromatic rings. The molecule has 0 aliphatic rings. The van der Waals surface area contributed by atoms with Crippen molar-refractivity contribution in [3.8, 4) is 0 Å². The highest BCUT2D eigenvalue weighted by atomic mass is 19.1. The lowest BCUT2D eigenvalue weighted by molar-refractivity contribution is 0.0802. The van der Waals surface area contributed by atoms with Crippen molar-refractivity contribution in [1.82, 2.24) is 5.32 Å². The average molecular weight is 213 g/mol. The van der Waals surface area contributed by atoms with Crippen LogP contribution in [0.1, 0.15) is 10.4 Å². The number of carbonyl (C=O) groups excluding carboxylic acids is 1. The summed E-state index contributed by atoms with van der Waals surface area (Å²) >= 11 is 0. The number of hydrogen-bond acceptors (Lipinski definition) is 3. The quantitative estimate of drug-likeness (QED) is 0.654. The van der Waals surface area contributed by atoms with E-state index >= 15 is 0 Å². The van der Waals surface area contributed by atoms with E-state index in [0.717, 1.165) is 0 Å². The van der Waals surface area contributed by atoms with Gasteiger partial charge in [-0.1, -0.05) is 0 Å². The fourth-order valence-electron chi connectivity index (χ4n) is 0.978. The summed E-state index contributed by atoms with van der Waals surface area (Å²) in [5.41, 5.74) is 0.307. The maximum Gasteiger partial charge on any atom is 0.251 e. The van der Waals surface area contributed by atoms with Crippen molar-refractivity contribution in [2.24, 2.45) is 0 Å². The molecule has 0 aliphatic carbocycles. The molecule has 5 heteroatoms. The van der Waals surface area contributed by atoms with E-state index in [4.69, 9.17) is 10.2 Å². The number of halogens is 1. The second-order valence-corrected chi connectivity index (χ2v) is 3.05. The molecule has 0 aliphatic heterocycles. The molecule has 0 spiro atoms. The van der Waals surface area contributed by atoms with Gasteiger partial charge in [0.1, 0.15) is 5.82 Å². The van der Waals surface area contributed by atoms with Crippen LogP contribution in [0.4, 0.5) is 4.39 Å². The summed E-state index contributed by atoms with van der Waals surface area (Å²) in [4.78, 5) is 11.4. The fourth-order valence-corrected chi connectivity index (χ4v) is 0.978. The molecule has 1 aromatic carbocycles. The Kier molecular flexibility index (Phi) is 4.20. The van der Waals surface area contributed by atoms with E-state index in [-0.39, 0.29) is 6.54 Å². The maximum atomic E-state index is 12.5. The number of amides is 1. The zero-order valence-corrected chi connectivity index (χ0v) is 7.98. The summed E-state index contributed by atoms with van der Waals surface area (Å²) in [6.45, 7) is -0.448. The van der Waals surface area contributed by atoms with Crippen molar-refractivity contribution in [2.45, 2.75) is 6.10 Å². The van der Waals surface area contributed by atoms with Gasteiger partial charge in [0.2, 0.25) is 0 Å². The van der Waals surface area contributed by atoms with Gasteiger partial charge in [0.15, 0.2) is 0 Å². The zero-order chi connectivity index (χ0) is 11.3. The fraction of sp³-hybridized carbons (Fsp3) is 0.300. The van der Waals surface area contributed by atoms with Crippen LogP contribution in [0.2, 0.25) is 0 Å². The third-order valence-corrected chi connectivity index (χ3v) is 1.82. The van der Waals surface area contributed by atoms with E-state index in [1.807, 2.05) is 0 Å². The molecule has 0 heterocycles. The summed E-state index contributed by atoms with van der Waals surface area (Å²) in [5.74, 6) is -0.829. The van der Waals surface area contributed by atoms with Crippen LogP contribution in [0.15, 0.2) is 24.3 Å². The van der Waals surface area contributed by atoms with Crippen molar-refractivity contribution < 1.29 is 19.4 Å². The standard InChI is InChI=1S/C10H12FNO3/c11-8-3-1-7(2-4-8)10(15)12-5-9(14)6-13/h1-4,9,13-14H,5-6H2,(H,12,15). The Morgan fingerprint density at radius 3 is 2.53 bits per heavy atom. The van der Waals surface area contributed by atoms with Crippen LogP contribution in [-0.4, -0.2) is 35.4 Å².